The van der Waals surface area contributed by atoms with Crippen LogP contribution in [0, 0.1) is 12.3 Å². The minimum atomic E-state index is 0.159. The van der Waals surface area contributed by atoms with Crippen molar-refractivity contribution in [3.63, 3.8) is 0 Å². The Kier molecular flexibility index (Phi) is 5.20. The molecule has 2 aliphatic rings. The first-order valence-corrected chi connectivity index (χ1v) is 8.80. The Morgan fingerprint density at radius 2 is 1.83 bits per heavy atom. The third kappa shape index (κ3) is 3.79. The number of likely N-dealkylation sites (tertiary alicyclic amines) is 2. The first kappa shape index (κ1) is 16.6. The molecule has 2 fully saturated rings. The summed E-state index contributed by atoms with van der Waals surface area (Å²) < 4.78 is 0. The average molecular weight is 324 g/mol. The summed E-state index contributed by atoms with van der Waals surface area (Å²) in [6, 6.07) is 7.91. The predicted octanol–water partition coefficient (Wildman–Crippen LogP) is 2.21. The summed E-state index contributed by atoms with van der Waals surface area (Å²) in [5, 5.41) is 0. The molecule has 2 aliphatic heterocycles. The van der Waals surface area contributed by atoms with Gasteiger partial charge in [-0.3, -0.25) is 9.59 Å². The standard InChI is InChI=1S/C20H24N2O2/c1-2-16-6-8-17(9-7-16)15-20(24)21-13-10-18(11-14-21)22-12-4-3-5-19(22)23/h1,6-9,18H,3-5,10-15H2. The van der Waals surface area contributed by atoms with Gasteiger partial charge in [-0.2, -0.15) is 0 Å². The summed E-state index contributed by atoms with van der Waals surface area (Å²) in [7, 11) is 0. The Hall–Kier alpha value is -2.28. The summed E-state index contributed by atoms with van der Waals surface area (Å²) in [5.41, 5.74) is 1.82. The summed E-state index contributed by atoms with van der Waals surface area (Å²) in [6.07, 6.45) is 10.4. The van der Waals surface area contributed by atoms with E-state index in [0.717, 1.165) is 56.4 Å². The molecule has 126 valence electrons. The van der Waals surface area contributed by atoms with Crippen LogP contribution >= 0.6 is 0 Å². The quantitative estimate of drug-likeness (QED) is 0.800. The Morgan fingerprint density at radius 3 is 2.46 bits per heavy atom. The van der Waals surface area contributed by atoms with Crippen molar-refractivity contribution < 1.29 is 9.59 Å². The number of nitrogens with zero attached hydrogens (tertiary/aromatic N) is 2. The number of rotatable bonds is 3. The molecule has 24 heavy (non-hydrogen) atoms. The van der Waals surface area contributed by atoms with Gasteiger partial charge in [-0.15, -0.1) is 6.42 Å². The third-order valence-electron chi connectivity index (χ3n) is 5.09. The second-order valence-corrected chi connectivity index (χ2v) is 6.67. The normalized spacial score (nSPS) is 19.2. The molecule has 0 saturated carbocycles. The smallest absolute Gasteiger partial charge is 0.226 e. The fourth-order valence-corrected chi connectivity index (χ4v) is 3.65. The van der Waals surface area contributed by atoms with Crippen molar-refractivity contribution in [2.75, 3.05) is 19.6 Å². The fourth-order valence-electron chi connectivity index (χ4n) is 3.65. The molecule has 1 aromatic rings. The lowest BCUT2D eigenvalue weighted by atomic mass is 9.99. The maximum absolute atomic E-state index is 12.5. The van der Waals surface area contributed by atoms with Crippen LogP contribution in [0.5, 0.6) is 0 Å². The number of benzene rings is 1. The van der Waals surface area contributed by atoms with E-state index in [2.05, 4.69) is 5.92 Å². The van der Waals surface area contributed by atoms with Crippen molar-refractivity contribution in [1.82, 2.24) is 9.80 Å². The number of carbonyl (C=O) groups excluding carboxylic acids is 2. The molecule has 2 amide bonds. The third-order valence-corrected chi connectivity index (χ3v) is 5.09. The van der Waals surface area contributed by atoms with Gasteiger partial charge in [0.25, 0.3) is 0 Å². The van der Waals surface area contributed by atoms with E-state index in [1.54, 1.807) is 0 Å². The van der Waals surface area contributed by atoms with Gasteiger partial charge in [0, 0.05) is 37.7 Å². The Labute approximate surface area is 143 Å². The molecule has 0 aliphatic carbocycles. The molecule has 0 N–H and O–H groups in total. The topological polar surface area (TPSA) is 40.6 Å². The van der Waals surface area contributed by atoms with Crippen molar-refractivity contribution >= 4 is 11.8 Å². The van der Waals surface area contributed by atoms with Gasteiger partial charge in [0.05, 0.1) is 6.42 Å². The summed E-state index contributed by atoms with van der Waals surface area (Å²) >= 11 is 0. The van der Waals surface area contributed by atoms with E-state index in [9.17, 15) is 9.59 Å². The van der Waals surface area contributed by atoms with Crippen molar-refractivity contribution in [3.05, 3.63) is 35.4 Å². The molecule has 1 aromatic carbocycles. The lowest BCUT2D eigenvalue weighted by Gasteiger charge is -2.40. The van der Waals surface area contributed by atoms with Gasteiger partial charge in [0.2, 0.25) is 11.8 Å². The minimum absolute atomic E-state index is 0.159. The zero-order chi connectivity index (χ0) is 16.9. The van der Waals surface area contributed by atoms with Crippen LogP contribution in [0.4, 0.5) is 0 Å². The lowest BCUT2D eigenvalue weighted by molar-refractivity contribution is -0.138. The fraction of sp³-hybridized carbons (Fsp3) is 0.500. The molecule has 0 aromatic heterocycles. The highest BCUT2D eigenvalue weighted by atomic mass is 16.2. The molecular weight excluding hydrogens is 300 g/mol. The largest absolute Gasteiger partial charge is 0.342 e. The zero-order valence-corrected chi connectivity index (χ0v) is 14.0. The van der Waals surface area contributed by atoms with Crippen LogP contribution in [0.15, 0.2) is 24.3 Å². The number of amides is 2. The second-order valence-electron chi connectivity index (χ2n) is 6.67. The molecule has 0 unspecified atom stereocenters. The summed E-state index contributed by atoms with van der Waals surface area (Å²) in [5.74, 6) is 3.03. The van der Waals surface area contributed by atoms with Crippen LogP contribution in [0.25, 0.3) is 0 Å². The van der Waals surface area contributed by atoms with Gasteiger partial charge in [-0.1, -0.05) is 18.1 Å². The summed E-state index contributed by atoms with van der Waals surface area (Å²) in [6.45, 7) is 2.38. The summed E-state index contributed by atoms with van der Waals surface area (Å²) in [4.78, 5) is 28.5. The van der Waals surface area contributed by atoms with Gasteiger partial charge in [-0.25, -0.2) is 0 Å². The molecule has 2 saturated heterocycles. The number of terminal acetylenes is 1. The predicted molar refractivity (Wildman–Crippen MR) is 93.2 cm³/mol. The Balaban J connectivity index is 1.51. The van der Waals surface area contributed by atoms with Crippen molar-refractivity contribution in [2.45, 2.75) is 44.6 Å². The highest BCUT2D eigenvalue weighted by Crippen LogP contribution is 2.22. The van der Waals surface area contributed by atoms with Gasteiger partial charge in [-0.05, 0) is 43.4 Å². The molecule has 0 spiro atoms. The van der Waals surface area contributed by atoms with E-state index in [1.165, 1.54) is 0 Å². The number of piperidine rings is 2. The Bertz CT molecular complexity index is 637. The molecule has 4 nitrogen and oxygen atoms in total. The molecule has 0 radical (unpaired) electrons. The number of carbonyl (C=O) groups is 2. The molecule has 0 bridgehead atoms. The van der Waals surface area contributed by atoms with Gasteiger partial charge in [0.1, 0.15) is 0 Å². The van der Waals surface area contributed by atoms with E-state index in [-0.39, 0.29) is 5.91 Å². The van der Waals surface area contributed by atoms with Crippen molar-refractivity contribution in [1.29, 1.82) is 0 Å². The monoisotopic (exact) mass is 324 g/mol. The number of hydrogen-bond donors (Lipinski definition) is 0. The maximum Gasteiger partial charge on any atom is 0.226 e. The number of hydrogen-bond acceptors (Lipinski definition) is 2. The van der Waals surface area contributed by atoms with E-state index in [0.29, 0.717) is 24.8 Å². The SMILES string of the molecule is C#Cc1ccc(CC(=O)N2CCC(N3CCCCC3=O)CC2)cc1. The Morgan fingerprint density at radius 1 is 1.12 bits per heavy atom. The molecule has 3 rings (SSSR count). The molecule has 2 heterocycles. The maximum atomic E-state index is 12.5. The average Bonchev–Trinajstić information content (AvgIpc) is 2.63. The van der Waals surface area contributed by atoms with Crippen LogP contribution in [-0.2, 0) is 16.0 Å². The first-order valence-electron chi connectivity index (χ1n) is 8.80. The van der Waals surface area contributed by atoms with Crippen LogP contribution in [0.1, 0.15) is 43.2 Å². The van der Waals surface area contributed by atoms with E-state index < -0.39 is 0 Å². The van der Waals surface area contributed by atoms with Crippen LogP contribution in [0.2, 0.25) is 0 Å². The highest BCUT2D eigenvalue weighted by Gasteiger charge is 2.30. The molecule has 4 heteroatoms. The van der Waals surface area contributed by atoms with Crippen LogP contribution < -0.4 is 0 Å². The van der Waals surface area contributed by atoms with Crippen molar-refractivity contribution in [3.8, 4) is 12.3 Å². The van der Waals surface area contributed by atoms with Crippen molar-refractivity contribution in [2.24, 2.45) is 0 Å². The zero-order valence-electron chi connectivity index (χ0n) is 14.0. The molecular formula is C20H24N2O2. The van der Waals surface area contributed by atoms with Gasteiger partial charge in [0.15, 0.2) is 0 Å². The second kappa shape index (κ2) is 7.53. The lowest BCUT2D eigenvalue weighted by Crippen LogP contribution is -2.50. The van der Waals surface area contributed by atoms with Gasteiger partial charge >= 0.3 is 0 Å². The van der Waals surface area contributed by atoms with Crippen LogP contribution in [0.3, 0.4) is 0 Å². The minimum Gasteiger partial charge on any atom is -0.342 e. The first-order chi connectivity index (χ1) is 11.7. The van der Waals surface area contributed by atoms with Gasteiger partial charge < -0.3 is 9.80 Å². The highest BCUT2D eigenvalue weighted by molar-refractivity contribution is 5.79. The van der Waals surface area contributed by atoms with Crippen LogP contribution in [-0.4, -0.2) is 47.3 Å². The van der Waals surface area contributed by atoms with E-state index in [1.807, 2.05) is 34.1 Å². The molecule has 0 atom stereocenters. The van der Waals surface area contributed by atoms with E-state index in [4.69, 9.17) is 6.42 Å². The van der Waals surface area contributed by atoms with E-state index >= 15 is 0 Å².